The Morgan fingerprint density at radius 2 is 2.12 bits per heavy atom. The Kier molecular flexibility index (Phi) is 4.18. The number of aliphatic hydroxyl groups excluding tert-OH is 1. The van der Waals surface area contributed by atoms with Crippen LogP contribution in [0.25, 0.3) is 0 Å². The molecule has 0 aliphatic heterocycles. The number of carboxylic acid groups (broad SMARTS) is 1. The van der Waals surface area contributed by atoms with Crippen molar-refractivity contribution in [3.63, 3.8) is 0 Å². The second-order valence-electron chi connectivity index (χ2n) is 3.02. The molecule has 0 radical (unpaired) electrons. The molecule has 6 nitrogen and oxygen atoms in total. The highest BCUT2D eigenvalue weighted by Crippen LogP contribution is 2.29. The van der Waals surface area contributed by atoms with Crippen LogP contribution in [0, 0.1) is 0 Å². The zero-order valence-corrected chi connectivity index (χ0v) is 8.43. The average molecular weight is 248 g/mol. The standard InChI is InChI=1S/C9H10F2N2O4/c10-9(11)17-6-2-1-4(13-12)3-5(6)7(14)8(15)16/h1-3,7,9,13-14H,12H2,(H,15,16). The van der Waals surface area contributed by atoms with Crippen molar-refractivity contribution in [3.05, 3.63) is 23.8 Å². The highest BCUT2D eigenvalue weighted by molar-refractivity contribution is 5.76. The number of benzene rings is 1. The molecule has 0 bridgehead atoms. The van der Waals surface area contributed by atoms with E-state index in [1.54, 1.807) is 0 Å². The maximum Gasteiger partial charge on any atom is 0.387 e. The first-order valence-corrected chi connectivity index (χ1v) is 4.42. The van der Waals surface area contributed by atoms with Crippen molar-refractivity contribution in [2.45, 2.75) is 12.7 Å². The number of hydrogen-bond donors (Lipinski definition) is 4. The molecule has 5 N–H and O–H groups in total. The van der Waals surface area contributed by atoms with E-state index in [1.165, 1.54) is 6.07 Å². The average Bonchev–Trinajstić information content (AvgIpc) is 2.27. The summed E-state index contributed by atoms with van der Waals surface area (Å²) in [5.74, 6) is 3.07. The number of nitrogens with two attached hydrogens (primary N) is 1. The number of carbonyl (C=O) groups is 1. The van der Waals surface area contributed by atoms with Gasteiger partial charge in [0.05, 0.1) is 0 Å². The van der Waals surface area contributed by atoms with Gasteiger partial charge in [-0.1, -0.05) is 0 Å². The zero-order chi connectivity index (χ0) is 13.0. The second kappa shape index (κ2) is 5.41. The number of carboxylic acids is 1. The molecule has 1 atom stereocenters. The van der Waals surface area contributed by atoms with Crippen LogP contribution >= 0.6 is 0 Å². The molecule has 0 aromatic heterocycles. The van der Waals surface area contributed by atoms with Crippen LogP contribution in [-0.4, -0.2) is 22.8 Å². The van der Waals surface area contributed by atoms with Crippen LogP contribution in [0.15, 0.2) is 18.2 Å². The predicted octanol–water partition coefficient (Wildman–Crippen LogP) is 0.692. The van der Waals surface area contributed by atoms with Crippen LogP contribution < -0.4 is 16.0 Å². The summed E-state index contributed by atoms with van der Waals surface area (Å²) < 4.78 is 28.2. The normalized spacial score (nSPS) is 12.3. The fraction of sp³-hybridized carbons (Fsp3) is 0.222. The zero-order valence-electron chi connectivity index (χ0n) is 8.43. The topological polar surface area (TPSA) is 105 Å². The highest BCUT2D eigenvalue weighted by atomic mass is 19.3. The van der Waals surface area contributed by atoms with E-state index in [2.05, 4.69) is 10.2 Å². The van der Waals surface area contributed by atoms with Gasteiger partial charge in [0.2, 0.25) is 0 Å². The summed E-state index contributed by atoms with van der Waals surface area (Å²) in [7, 11) is 0. The molecule has 1 aromatic carbocycles. The number of alkyl halides is 2. The third-order valence-electron chi connectivity index (χ3n) is 1.92. The van der Waals surface area contributed by atoms with Crippen molar-refractivity contribution >= 4 is 11.7 Å². The molecule has 0 saturated heterocycles. The van der Waals surface area contributed by atoms with Crippen LogP contribution in [0.5, 0.6) is 5.75 Å². The smallest absolute Gasteiger partial charge is 0.387 e. The molecule has 94 valence electrons. The van der Waals surface area contributed by atoms with Crippen molar-refractivity contribution in [3.8, 4) is 5.75 Å². The van der Waals surface area contributed by atoms with Crippen molar-refractivity contribution in [1.29, 1.82) is 0 Å². The SMILES string of the molecule is NNc1ccc(OC(F)F)c(C(O)C(=O)O)c1. The van der Waals surface area contributed by atoms with Crippen molar-refractivity contribution < 1.29 is 28.5 Å². The molecule has 17 heavy (non-hydrogen) atoms. The van der Waals surface area contributed by atoms with Gasteiger partial charge >= 0.3 is 12.6 Å². The van der Waals surface area contributed by atoms with Crippen molar-refractivity contribution in [2.24, 2.45) is 5.84 Å². The van der Waals surface area contributed by atoms with Gasteiger partial charge in [-0.05, 0) is 18.2 Å². The molecule has 1 aromatic rings. The lowest BCUT2D eigenvalue weighted by molar-refractivity contribution is -0.147. The first-order valence-electron chi connectivity index (χ1n) is 4.42. The van der Waals surface area contributed by atoms with E-state index >= 15 is 0 Å². The van der Waals surface area contributed by atoms with Gasteiger partial charge in [-0.2, -0.15) is 8.78 Å². The molecule has 0 spiro atoms. The number of halogens is 2. The van der Waals surface area contributed by atoms with Crippen LogP contribution in [-0.2, 0) is 4.79 Å². The minimum atomic E-state index is -3.12. The molecule has 0 aliphatic rings. The number of aliphatic hydroxyl groups is 1. The van der Waals surface area contributed by atoms with Gasteiger partial charge in [-0.3, -0.25) is 5.84 Å². The number of nitrogen functional groups attached to an aromatic ring is 1. The molecular formula is C9H10F2N2O4. The molecular weight excluding hydrogens is 238 g/mol. The van der Waals surface area contributed by atoms with Gasteiger partial charge in [0.15, 0.2) is 6.10 Å². The van der Waals surface area contributed by atoms with Crippen LogP contribution in [0.3, 0.4) is 0 Å². The van der Waals surface area contributed by atoms with Crippen molar-refractivity contribution in [2.75, 3.05) is 5.43 Å². The fourth-order valence-corrected chi connectivity index (χ4v) is 1.19. The minimum Gasteiger partial charge on any atom is -0.479 e. The number of rotatable bonds is 5. The molecule has 0 amide bonds. The fourth-order valence-electron chi connectivity index (χ4n) is 1.19. The van der Waals surface area contributed by atoms with Gasteiger partial charge in [-0.25, -0.2) is 4.79 Å². The van der Waals surface area contributed by atoms with E-state index in [9.17, 15) is 18.7 Å². The Balaban J connectivity index is 3.15. The molecule has 8 heteroatoms. The first-order chi connectivity index (χ1) is 7.95. The lowest BCUT2D eigenvalue weighted by Crippen LogP contribution is -2.15. The van der Waals surface area contributed by atoms with Gasteiger partial charge in [0.25, 0.3) is 0 Å². The van der Waals surface area contributed by atoms with E-state index in [-0.39, 0.29) is 11.3 Å². The summed E-state index contributed by atoms with van der Waals surface area (Å²) in [5, 5.41) is 17.9. The Hall–Kier alpha value is -1.93. The van der Waals surface area contributed by atoms with Crippen LogP contribution in [0.4, 0.5) is 14.5 Å². The lowest BCUT2D eigenvalue weighted by Gasteiger charge is -2.14. The maximum atomic E-state index is 12.1. The van der Waals surface area contributed by atoms with Gasteiger partial charge in [-0.15, -0.1) is 0 Å². The first kappa shape index (κ1) is 13.1. The summed E-state index contributed by atoms with van der Waals surface area (Å²) in [6.45, 7) is -3.12. The molecule has 1 rings (SSSR count). The summed E-state index contributed by atoms with van der Waals surface area (Å²) >= 11 is 0. The maximum absolute atomic E-state index is 12.1. The number of nitrogens with one attached hydrogen (secondary N) is 1. The molecule has 0 heterocycles. The number of hydrogen-bond acceptors (Lipinski definition) is 5. The van der Waals surface area contributed by atoms with E-state index < -0.39 is 24.4 Å². The quantitative estimate of drug-likeness (QED) is 0.451. The van der Waals surface area contributed by atoms with E-state index in [0.29, 0.717) is 0 Å². The number of anilines is 1. The van der Waals surface area contributed by atoms with E-state index in [0.717, 1.165) is 12.1 Å². The Labute approximate surface area is 94.6 Å². The second-order valence-corrected chi connectivity index (χ2v) is 3.02. The summed E-state index contributed by atoms with van der Waals surface area (Å²) in [5.41, 5.74) is 2.13. The van der Waals surface area contributed by atoms with Gasteiger partial charge in [0, 0.05) is 11.3 Å². The highest BCUT2D eigenvalue weighted by Gasteiger charge is 2.22. The largest absolute Gasteiger partial charge is 0.479 e. The number of ether oxygens (including phenoxy) is 1. The Morgan fingerprint density at radius 3 is 2.59 bits per heavy atom. The monoisotopic (exact) mass is 248 g/mol. The predicted molar refractivity (Wildman–Crippen MR) is 53.5 cm³/mol. The number of hydrazine groups is 1. The van der Waals surface area contributed by atoms with Crippen molar-refractivity contribution in [1.82, 2.24) is 0 Å². The van der Waals surface area contributed by atoms with Crippen LogP contribution in [0.1, 0.15) is 11.7 Å². The summed E-state index contributed by atoms with van der Waals surface area (Å²) in [6, 6.07) is 3.50. The van der Waals surface area contributed by atoms with Gasteiger partial charge in [0.1, 0.15) is 5.75 Å². The Morgan fingerprint density at radius 1 is 1.47 bits per heavy atom. The summed E-state index contributed by atoms with van der Waals surface area (Å²) in [4.78, 5) is 10.6. The molecule has 0 aliphatic carbocycles. The number of aliphatic carboxylic acids is 1. The van der Waals surface area contributed by atoms with Crippen LogP contribution in [0.2, 0.25) is 0 Å². The summed E-state index contributed by atoms with van der Waals surface area (Å²) in [6.07, 6.45) is -1.97. The molecule has 1 unspecified atom stereocenters. The third-order valence-corrected chi connectivity index (χ3v) is 1.92. The third kappa shape index (κ3) is 3.26. The lowest BCUT2D eigenvalue weighted by atomic mass is 10.1. The Bertz CT molecular complexity index is 414. The molecule has 0 saturated carbocycles. The molecule has 0 fully saturated rings. The van der Waals surface area contributed by atoms with E-state index in [1.807, 2.05) is 0 Å². The van der Waals surface area contributed by atoms with E-state index in [4.69, 9.17) is 10.9 Å². The van der Waals surface area contributed by atoms with Gasteiger partial charge < -0.3 is 20.4 Å². The minimum absolute atomic E-state index is 0.252.